The molecule has 1 amide bonds. The lowest BCUT2D eigenvalue weighted by atomic mass is 10.2. The summed E-state index contributed by atoms with van der Waals surface area (Å²) in [4.78, 5) is 14.4. The van der Waals surface area contributed by atoms with Crippen LogP contribution in [0.1, 0.15) is 5.56 Å². The summed E-state index contributed by atoms with van der Waals surface area (Å²) < 4.78 is 5.23. The van der Waals surface area contributed by atoms with Crippen LogP contribution in [0.3, 0.4) is 0 Å². The van der Waals surface area contributed by atoms with Gasteiger partial charge >= 0.3 is 0 Å². The van der Waals surface area contributed by atoms with Crippen LogP contribution >= 0.6 is 11.8 Å². The number of benzene rings is 2. The lowest BCUT2D eigenvalue weighted by Gasteiger charge is -2.15. The maximum Gasteiger partial charge on any atom is 0.279 e. The van der Waals surface area contributed by atoms with E-state index >= 15 is 0 Å². The molecule has 0 spiro atoms. The quantitative estimate of drug-likeness (QED) is 0.764. The van der Waals surface area contributed by atoms with E-state index in [-0.39, 0.29) is 5.91 Å². The number of hydrogen-bond acceptors (Lipinski definition) is 3. The van der Waals surface area contributed by atoms with Gasteiger partial charge in [-0.1, -0.05) is 24.3 Å². The number of quaternary nitrogens is 1. The fourth-order valence-corrected chi connectivity index (χ4v) is 2.96. The first-order valence-corrected chi connectivity index (χ1v) is 8.72. The number of carbonyl (C=O) groups excluding carboxylic acids is 1. The summed E-state index contributed by atoms with van der Waals surface area (Å²) in [6.45, 7) is 1.19. The minimum atomic E-state index is 0.0203. The Morgan fingerprint density at radius 3 is 2.74 bits per heavy atom. The van der Waals surface area contributed by atoms with Gasteiger partial charge in [-0.3, -0.25) is 4.79 Å². The van der Waals surface area contributed by atoms with Crippen molar-refractivity contribution in [2.45, 2.75) is 11.4 Å². The Kier molecular flexibility index (Phi) is 6.50. The number of carbonyl (C=O) groups is 1. The van der Waals surface area contributed by atoms with E-state index in [0.29, 0.717) is 6.54 Å². The number of likely N-dealkylation sites (N-methyl/N-ethyl adjacent to an activating group) is 1. The van der Waals surface area contributed by atoms with E-state index in [9.17, 15) is 4.79 Å². The highest BCUT2D eigenvalue weighted by Gasteiger charge is 2.12. The molecule has 0 aliphatic carbocycles. The molecular formula is C18H23N2O2S+. The van der Waals surface area contributed by atoms with E-state index in [2.05, 4.69) is 5.32 Å². The summed E-state index contributed by atoms with van der Waals surface area (Å²) in [6, 6.07) is 15.8. The van der Waals surface area contributed by atoms with Gasteiger partial charge in [0.05, 0.1) is 19.8 Å². The van der Waals surface area contributed by atoms with Crippen LogP contribution in [0.2, 0.25) is 0 Å². The molecule has 0 saturated carbocycles. The summed E-state index contributed by atoms with van der Waals surface area (Å²) in [5.74, 6) is 0.862. The van der Waals surface area contributed by atoms with Crippen LogP contribution in [-0.2, 0) is 11.3 Å². The molecule has 2 N–H and O–H groups in total. The number of hydrogen-bond donors (Lipinski definition) is 2. The SMILES string of the molecule is COc1cccc(C[NH+](C)CC(=O)Nc2ccccc2SC)c1. The van der Waals surface area contributed by atoms with Crippen molar-refractivity contribution in [2.75, 3.05) is 32.3 Å². The number of amides is 1. The van der Waals surface area contributed by atoms with Gasteiger partial charge in [0.1, 0.15) is 12.3 Å². The van der Waals surface area contributed by atoms with Crippen molar-refractivity contribution in [2.24, 2.45) is 0 Å². The number of para-hydroxylation sites is 1. The van der Waals surface area contributed by atoms with Crippen LogP contribution in [0.15, 0.2) is 53.4 Å². The van der Waals surface area contributed by atoms with Gasteiger partial charge in [0, 0.05) is 10.5 Å². The predicted octanol–water partition coefficient (Wildman–Crippen LogP) is 2.07. The predicted molar refractivity (Wildman–Crippen MR) is 95.3 cm³/mol. The lowest BCUT2D eigenvalue weighted by molar-refractivity contribution is -0.885. The Morgan fingerprint density at radius 1 is 1.22 bits per heavy atom. The Labute approximate surface area is 141 Å². The average molecular weight is 331 g/mol. The Morgan fingerprint density at radius 2 is 2.00 bits per heavy atom. The van der Waals surface area contributed by atoms with Crippen LogP contribution in [0, 0.1) is 0 Å². The molecule has 0 bridgehead atoms. The van der Waals surface area contributed by atoms with Crippen LogP contribution in [0.4, 0.5) is 5.69 Å². The van der Waals surface area contributed by atoms with Gasteiger partial charge in [0.2, 0.25) is 0 Å². The molecule has 2 aromatic carbocycles. The van der Waals surface area contributed by atoms with Gasteiger partial charge in [-0.15, -0.1) is 11.8 Å². The van der Waals surface area contributed by atoms with Gasteiger partial charge in [-0.05, 0) is 30.5 Å². The Balaban J connectivity index is 1.91. The first-order valence-electron chi connectivity index (χ1n) is 7.49. The first kappa shape index (κ1) is 17.4. The second-order valence-corrected chi connectivity index (χ2v) is 6.26. The van der Waals surface area contributed by atoms with Crippen molar-refractivity contribution in [1.82, 2.24) is 0 Å². The normalized spacial score (nSPS) is 11.8. The van der Waals surface area contributed by atoms with Gasteiger partial charge in [0.15, 0.2) is 6.54 Å². The Bertz CT molecular complexity index is 661. The van der Waals surface area contributed by atoms with Crippen molar-refractivity contribution < 1.29 is 14.4 Å². The smallest absolute Gasteiger partial charge is 0.279 e. The molecular weight excluding hydrogens is 308 g/mol. The largest absolute Gasteiger partial charge is 0.497 e. The molecule has 0 aliphatic heterocycles. The van der Waals surface area contributed by atoms with Gasteiger partial charge in [-0.2, -0.15) is 0 Å². The molecule has 4 nitrogen and oxygen atoms in total. The van der Waals surface area contributed by atoms with Crippen molar-refractivity contribution in [1.29, 1.82) is 0 Å². The molecule has 122 valence electrons. The fraction of sp³-hybridized carbons (Fsp3) is 0.278. The number of rotatable bonds is 7. The minimum Gasteiger partial charge on any atom is -0.497 e. The summed E-state index contributed by atoms with van der Waals surface area (Å²) in [5.41, 5.74) is 2.03. The third-order valence-electron chi connectivity index (χ3n) is 3.48. The van der Waals surface area contributed by atoms with Crippen molar-refractivity contribution in [3.63, 3.8) is 0 Å². The molecule has 0 aromatic heterocycles. The summed E-state index contributed by atoms with van der Waals surface area (Å²) >= 11 is 1.63. The molecule has 23 heavy (non-hydrogen) atoms. The summed E-state index contributed by atoms with van der Waals surface area (Å²) in [5, 5.41) is 3.00. The highest BCUT2D eigenvalue weighted by Crippen LogP contribution is 2.24. The molecule has 1 atom stereocenters. The first-order chi connectivity index (χ1) is 11.1. The standard InChI is InChI=1S/C18H22N2O2S/c1-20(12-14-7-6-8-15(11-14)22-2)13-18(21)19-16-9-4-5-10-17(16)23-3/h4-11H,12-13H2,1-3H3,(H,19,21)/p+1. The minimum absolute atomic E-state index is 0.0203. The van der Waals surface area contributed by atoms with E-state index in [1.165, 1.54) is 0 Å². The van der Waals surface area contributed by atoms with E-state index in [1.54, 1.807) is 18.9 Å². The second-order valence-electron chi connectivity index (χ2n) is 5.41. The number of thioether (sulfide) groups is 1. The topological polar surface area (TPSA) is 42.8 Å². The molecule has 1 unspecified atom stereocenters. The van der Waals surface area contributed by atoms with Crippen LogP contribution < -0.4 is 15.0 Å². The van der Waals surface area contributed by atoms with Crippen molar-refractivity contribution >= 4 is 23.4 Å². The van der Waals surface area contributed by atoms with Gasteiger partial charge in [-0.25, -0.2) is 0 Å². The van der Waals surface area contributed by atoms with Gasteiger partial charge in [0.25, 0.3) is 5.91 Å². The fourth-order valence-electron chi connectivity index (χ4n) is 2.41. The van der Waals surface area contributed by atoms with Crippen molar-refractivity contribution in [3.05, 3.63) is 54.1 Å². The number of nitrogens with one attached hydrogen (secondary N) is 2. The highest BCUT2D eigenvalue weighted by atomic mass is 32.2. The van der Waals surface area contributed by atoms with E-state index in [1.807, 2.05) is 61.8 Å². The number of methoxy groups -OCH3 is 1. The zero-order valence-corrected chi connectivity index (χ0v) is 14.6. The van der Waals surface area contributed by atoms with E-state index < -0.39 is 0 Å². The van der Waals surface area contributed by atoms with Crippen LogP contribution in [-0.4, -0.2) is 32.9 Å². The third-order valence-corrected chi connectivity index (χ3v) is 4.28. The molecule has 0 heterocycles. The zero-order chi connectivity index (χ0) is 16.7. The molecule has 0 saturated heterocycles. The summed E-state index contributed by atoms with van der Waals surface area (Å²) in [7, 11) is 3.67. The van der Waals surface area contributed by atoms with E-state index in [4.69, 9.17) is 4.74 Å². The third kappa shape index (κ3) is 5.30. The molecule has 0 radical (unpaired) electrons. The lowest BCUT2D eigenvalue weighted by Crippen LogP contribution is -3.08. The number of anilines is 1. The molecule has 5 heteroatoms. The van der Waals surface area contributed by atoms with Crippen molar-refractivity contribution in [3.8, 4) is 5.75 Å². The monoisotopic (exact) mass is 331 g/mol. The highest BCUT2D eigenvalue weighted by molar-refractivity contribution is 7.98. The van der Waals surface area contributed by atoms with Gasteiger partial charge < -0.3 is 15.0 Å². The average Bonchev–Trinajstić information content (AvgIpc) is 2.55. The van der Waals surface area contributed by atoms with Crippen LogP contribution in [0.5, 0.6) is 5.75 Å². The van der Waals surface area contributed by atoms with Crippen LogP contribution in [0.25, 0.3) is 0 Å². The Hall–Kier alpha value is -1.98. The molecule has 0 fully saturated rings. The van der Waals surface area contributed by atoms with E-state index in [0.717, 1.165) is 33.3 Å². The summed E-state index contributed by atoms with van der Waals surface area (Å²) in [6.07, 6.45) is 2.01. The molecule has 2 rings (SSSR count). The zero-order valence-electron chi connectivity index (χ0n) is 13.8. The molecule has 2 aromatic rings. The number of ether oxygens (including phenoxy) is 1. The molecule has 0 aliphatic rings. The maximum absolute atomic E-state index is 12.2. The maximum atomic E-state index is 12.2. The second kappa shape index (κ2) is 8.60.